The van der Waals surface area contributed by atoms with E-state index in [0.29, 0.717) is 22.2 Å². The maximum atomic E-state index is 12.9. The van der Waals surface area contributed by atoms with Gasteiger partial charge in [0.2, 0.25) is 5.82 Å². The predicted molar refractivity (Wildman–Crippen MR) is 111 cm³/mol. The Morgan fingerprint density at radius 2 is 1.90 bits per heavy atom. The van der Waals surface area contributed by atoms with Crippen LogP contribution in [0.1, 0.15) is 17.1 Å². The number of rotatable bonds is 5. The molecule has 0 saturated heterocycles. The van der Waals surface area contributed by atoms with E-state index in [4.69, 9.17) is 16.0 Å². The van der Waals surface area contributed by atoms with Crippen molar-refractivity contribution in [1.82, 2.24) is 20.6 Å². The normalized spacial score (nSPS) is 11.4. The van der Waals surface area contributed by atoms with E-state index in [0.717, 1.165) is 11.1 Å². The van der Waals surface area contributed by atoms with Crippen LogP contribution in [-0.4, -0.2) is 26.5 Å². The summed E-state index contributed by atoms with van der Waals surface area (Å²) in [5.41, 5.74) is 2.73. The number of anilines is 1. The number of nitrogens with one attached hydrogen (secondary N) is 2. The third-order valence-corrected chi connectivity index (χ3v) is 4.52. The molecule has 0 aliphatic rings. The summed E-state index contributed by atoms with van der Waals surface area (Å²) in [4.78, 5) is 12.9. The van der Waals surface area contributed by atoms with Crippen LogP contribution >= 0.6 is 11.6 Å². The molecule has 0 spiro atoms. The van der Waals surface area contributed by atoms with Gasteiger partial charge in [0.1, 0.15) is 11.5 Å². The number of nitrogens with zero attached hydrogens (tertiary/aromatic N) is 3. The monoisotopic (exact) mass is 405 g/mol. The van der Waals surface area contributed by atoms with Gasteiger partial charge in [0.15, 0.2) is 0 Å². The van der Waals surface area contributed by atoms with Crippen molar-refractivity contribution in [3.63, 3.8) is 0 Å². The highest BCUT2D eigenvalue weighted by molar-refractivity contribution is 6.33. The number of amides is 1. The molecular weight excluding hydrogens is 390 g/mol. The first-order chi connectivity index (χ1) is 14.1. The number of hydrogen-bond donors (Lipinski definition) is 2. The zero-order valence-electron chi connectivity index (χ0n) is 15.4. The van der Waals surface area contributed by atoms with Gasteiger partial charge in [0.05, 0.1) is 10.6 Å². The van der Waals surface area contributed by atoms with Crippen molar-refractivity contribution in [3.8, 4) is 11.3 Å². The molecule has 1 amide bonds. The number of carbonyl (C=O) groups excluding carboxylic acids is 1. The Hall–Kier alpha value is -3.71. The van der Waals surface area contributed by atoms with Crippen LogP contribution in [0.2, 0.25) is 5.02 Å². The molecule has 0 atom stereocenters. The fourth-order valence-electron chi connectivity index (χ4n) is 2.72. The largest absolute Gasteiger partial charge is 0.457 e. The number of aromatic amines is 1. The molecule has 2 aromatic carbocycles. The fraction of sp³-hybridized carbons (Fsp3) is 0.0476. The van der Waals surface area contributed by atoms with Crippen LogP contribution in [0.4, 0.5) is 5.69 Å². The molecule has 0 fully saturated rings. The summed E-state index contributed by atoms with van der Waals surface area (Å²) in [5.74, 6) is 0.822. The molecule has 4 rings (SSSR count). The summed E-state index contributed by atoms with van der Waals surface area (Å²) in [6.45, 7) is 1.98. The first-order valence-corrected chi connectivity index (χ1v) is 9.16. The van der Waals surface area contributed by atoms with Crippen LogP contribution in [0.5, 0.6) is 0 Å². The highest BCUT2D eigenvalue weighted by atomic mass is 35.5. The molecule has 4 aromatic rings. The van der Waals surface area contributed by atoms with Gasteiger partial charge in [-0.1, -0.05) is 41.4 Å². The molecule has 0 unspecified atom stereocenters. The second-order valence-corrected chi connectivity index (χ2v) is 6.70. The van der Waals surface area contributed by atoms with Gasteiger partial charge in [-0.15, -0.1) is 10.2 Å². The topological polar surface area (TPSA) is 96.7 Å². The number of tetrazole rings is 1. The van der Waals surface area contributed by atoms with Crippen LogP contribution in [0, 0.1) is 6.92 Å². The minimum atomic E-state index is -0.383. The van der Waals surface area contributed by atoms with E-state index >= 15 is 0 Å². The fourth-order valence-corrected chi connectivity index (χ4v) is 2.95. The van der Waals surface area contributed by atoms with Gasteiger partial charge >= 0.3 is 0 Å². The van der Waals surface area contributed by atoms with Crippen LogP contribution in [0.15, 0.2) is 65.1 Å². The maximum Gasteiger partial charge on any atom is 0.259 e. The van der Waals surface area contributed by atoms with E-state index in [1.165, 1.54) is 0 Å². The highest BCUT2D eigenvalue weighted by Crippen LogP contribution is 2.30. The van der Waals surface area contributed by atoms with Crippen LogP contribution in [0.3, 0.4) is 0 Å². The average molecular weight is 406 g/mol. The molecule has 0 aliphatic carbocycles. The minimum absolute atomic E-state index is 0.158. The van der Waals surface area contributed by atoms with Crippen LogP contribution < -0.4 is 5.32 Å². The van der Waals surface area contributed by atoms with Crippen molar-refractivity contribution in [1.29, 1.82) is 0 Å². The Morgan fingerprint density at radius 1 is 1.10 bits per heavy atom. The van der Waals surface area contributed by atoms with Crippen molar-refractivity contribution in [2.45, 2.75) is 6.92 Å². The van der Waals surface area contributed by atoms with E-state index in [9.17, 15) is 4.79 Å². The van der Waals surface area contributed by atoms with Gasteiger partial charge in [-0.05, 0) is 54.6 Å². The van der Waals surface area contributed by atoms with Gasteiger partial charge in [-0.3, -0.25) is 4.79 Å². The molecule has 0 radical (unpaired) electrons. The number of benzene rings is 2. The molecule has 29 heavy (non-hydrogen) atoms. The van der Waals surface area contributed by atoms with Gasteiger partial charge in [-0.25, -0.2) is 0 Å². The summed E-state index contributed by atoms with van der Waals surface area (Å²) in [5, 5.41) is 17.2. The summed E-state index contributed by atoms with van der Waals surface area (Å²) in [6, 6.07) is 18.4. The summed E-state index contributed by atoms with van der Waals surface area (Å²) in [6.07, 6.45) is 1.56. The lowest BCUT2D eigenvalue weighted by Crippen LogP contribution is -2.14. The molecule has 2 heterocycles. The molecule has 7 nitrogen and oxygen atoms in total. The Kier molecular flexibility index (Phi) is 5.22. The van der Waals surface area contributed by atoms with E-state index < -0.39 is 0 Å². The SMILES string of the molecule is Cc1ccc(NC(=O)/C(=C/c2ccc(-c3ccccc3Cl)o2)c2nn[nH]n2)cc1. The first-order valence-electron chi connectivity index (χ1n) is 8.78. The standard InChI is InChI=1S/C21H16ClN5O2/c1-13-6-8-14(9-7-13)23-21(28)17(20-24-26-27-25-20)12-15-10-11-19(29-15)16-4-2-3-5-18(16)22/h2-12H,1H3,(H,23,28)(H,24,25,26,27)/b17-12+. The molecule has 2 aromatic heterocycles. The van der Waals surface area contributed by atoms with Crippen LogP contribution in [0.25, 0.3) is 23.0 Å². The van der Waals surface area contributed by atoms with Gasteiger partial charge in [-0.2, -0.15) is 5.21 Å². The third kappa shape index (κ3) is 4.25. The predicted octanol–water partition coefficient (Wildman–Crippen LogP) is 4.60. The lowest BCUT2D eigenvalue weighted by molar-refractivity contribution is -0.111. The summed E-state index contributed by atoms with van der Waals surface area (Å²) < 4.78 is 5.87. The number of carbonyl (C=O) groups is 1. The summed E-state index contributed by atoms with van der Waals surface area (Å²) in [7, 11) is 0. The van der Waals surface area contributed by atoms with Gasteiger partial charge < -0.3 is 9.73 Å². The second kappa shape index (κ2) is 8.12. The molecular formula is C21H16ClN5O2. The number of furan rings is 1. The van der Waals surface area contributed by atoms with Crippen molar-refractivity contribution in [2.75, 3.05) is 5.32 Å². The molecule has 8 heteroatoms. The lowest BCUT2D eigenvalue weighted by Gasteiger charge is -2.06. The number of halogens is 1. The Morgan fingerprint density at radius 3 is 2.62 bits per heavy atom. The van der Waals surface area contributed by atoms with Crippen molar-refractivity contribution in [3.05, 3.63) is 82.8 Å². The van der Waals surface area contributed by atoms with Crippen LogP contribution in [-0.2, 0) is 4.79 Å². The second-order valence-electron chi connectivity index (χ2n) is 6.30. The van der Waals surface area contributed by atoms with E-state index in [-0.39, 0.29) is 17.3 Å². The molecule has 0 bridgehead atoms. The lowest BCUT2D eigenvalue weighted by atomic mass is 10.1. The van der Waals surface area contributed by atoms with E-state index in [2.05, 4.69) is 25.9 Å². The van der Waals surface area contributed by atoms with Crippen molar-refractivity contribution >= 4 is 34.8 Å². The molecule has 0 aliphatic heterocycles. The Labute approximate surface area is 171 Å². The quantitative estimate of drug-likeness (QED) is 0.473. The minimum Gasteiger partial charge on any atom is -0.457 e. The van der Waals surface area contributed by atoms with Crippen molar-refractivity contribution in [2.24, 2.45) is 0 Å². The number of H-pyrrole nitrogens is 1. The number of aromatic nitrogens is 4. The Balaban J connectivity index is 1.66. The van der Waals surface area contributed by atoms with E-state index in [1.807, 2.05) is 49.4 Å². The van der Waals surface area contributed by atoms with E-state index in [1.54, 1.807) is 24.3 Å². The molecule has 0 saturated carbocycles. The van der Waals surface area contributed by atoms with Gasteiger partial charge in [0, 0.05) is 11.3 Å². The smallest absolute Gasteiger partial charge is 0.259 e. The number of aryl methyl sites for hydroxylation is 1. The first kappa shape index (κ1) is 18.6. The third-order valence-electron chi connectivity index (χ3n) is 4.19. The maximum absolute atomic E-state index is 12.9. The Bertz CT molecular complexity index is 1160. The number of hydrogen-bond acceptors (Lipinski definition) is 5. The zero-order chi connectivity index (χ0) is 20.2. The van der Waals surface area contributed by atoms with Crippen molar-refractivity contribution < 1.29 is 9.21 Å². The van der Waals surface area contributed by atoms with Gasteiger partial charge in [0.25, 0.3) is 5.91 Å². The average Bonchev–Trinajstić information content (AvgIpc) is 3.40. The molecule has 144 valence electrons. The molecule has 2 N–H and O–H groups in total. The summed E-state index contributed by atoms with van der Waals surface area (Å²) >= 11 is 6.23. The highest BCUT2D eigenvalue weighted by Gasteiger charge is 2.18. The zero-order valence-corrected chi connectivity index (χ0v) is 16.1.